The minimum absolute atomic E-state index is 0.0541. The number of alkyl halides is 3. The minimum atomic E-state index is -4.60. The highest BCUT2D eigenvalue weighted by atomic mass is 19.4. The zero-order valence-electron chi connectivity index (χ0n) is 15.8. The number of benzene rings is 3. The maximum absolute atomic E-state index is 13.0. The molecule has 3 aromatic carbocycles. The van der Waals surface area contributed by atoms with Crippen LogP contribution in [0.4, 0.5) is 18.9 Å². The molecule has 0 spiro atoms. The Labute approximate surface area is 171 Å². The second kappa shape index (κ2) is 9.26. The molecule has 0 aliphatic rings. The van der Waals surface area contributed by atoms with Gasteiger partial charge in [0, 0.05) is 0 Å². The van der Waals surface area contributed by atoms with E-state index in [1.54, 1.807) is 12.1 Å². The number of hydrogen-bond donors (Lipinski definition) is 1. The smallest absolute Gasteiger partial charge is 0.418 e. The highest BCUT2D eigenvalue weighted by Crippen LogP contribution is 2.34. The molecular formula is C23H18F3NO3. The molecule has 0 atom stereocenters. The first-order valence-electron chi connectivity index (χ1n) is 9.09. The van der Waals surface area contributed by atoms with Crippen LogP contribution in [0.5, 0.6) is 0 Å². The molecule has 154 valence electrons. The molecule has 0 saturated heterocycles. The van der Waals surface area contributed by atoms with Crippen molar-refractivity contribution in [2.45, 2.75) is 12.6 Å². The fraction of sp³-hybridized carbons (Fsp3) is 0.130. The van der Waals surface area contributed by atoms with E-state index in [9.17, 15) is 22.8 Å². The molecule has 0 unspecified atom stereocenters. The summed E-state index contributed by atoms with van der Waals surface area (Å²) in [6, 6.07) is 21.6. The number of rotatable bonds is 6. The van der Waals surface area contributed by atoms with E-state index >= 15 is 0 Å². The molecule has 3 rings (SSSR count). The minimum Gasteiger partial charge on any atom is -0.455 e. The van der Waals surface area contributed by atoms with Gasteiger partial charge in [-0.25, -0.2) is 0 Å². The number of halogens is 3. The zero-order chi connectivity index (χ0) is 21.6. The third-order valence-corrected chi connectivity index (χ3v) is 4.28. The molecule has 0 aromatic heterocycles. The largest absolute Gasteiger partial charge is 0.455 e. The molecule has 7 heteroatoms. The van der Waals surface area contributed by atoms with Crippen LogP contribution in [0.25, 0.3) is 11.1 Å². The Bertz CT molecular complexity index is 1020. The summed E-state index contributed by atoms with van der Waals surface area (Å²) in [5, 5.41) is 2.13. The Morgan fingerprint density at radius 1 is 0.800 bits per heavy atom. The maximum atomic E-state index is 13.0. The van der Waals surface area contributed by atoms with Crippen LogP contribution < -0.4 is 5.32 Å². The van der Waals surface area contributed by atoms with E-state index in [4.69, 9.17) is 4.74 Å². The Morgan fingerprint density at radius 2 is 1.40 bits per heavy atom. The van der Waals surface area contributed by atoms with Crippen LogP contribution in [0.1, 0.15) is 11.1 Å². The molecule has 0 saturated carbocycles. The van der Waals surface area contributed by atoms with Crippen molar-refractivity contribution < 1.29 is 27.5 Å². The van der Waals surface area contributed by atoms with Gasteiger partial charge in [-0.15, -0.1) is 0 Å². The van der Waals surface area contributed by atoms with Gasteiger partial charge in [-0.1, -0.05) is 66.7 Å². The average molecular weight is 413 g/mol. The number of carbonyl (C=O) groups is 2. The molecule has 1 N–H and O–H groups in total. The lowest BCUT2D eigenvalue weighted by atomic mass is 10.0. The van der Waals surface area contributed by atoms with Crippen molar-refractivity contribution in [1.29, 1.82) is 0 Å². The highest BCUT2D eigenvalue weighted by Gasteiger charge is 2.33. The number of nitrogens with one attached hydrogen (secondary N) is 1. The molecule has 0 radical (unpaired) electrons. The van der Waals surface area contributed by atoms with Crippen LogP contribution >= 0.6 is 0 Å². The van der Waals surface area contributed by atoms with E-state index in [0.717, 1.165) is 23.3 Å². The van der Waals surface area contributed by atoms with E-state index in [2.05, 4.69) is 5.32 Å². The van der Waals surface area contributed by atoms with Crippen LogP contribution in [-0.2, 0) is 26.9 Å². The Balaban J connectivity index is 1.52. The zero-order valence-corrected chi connectivity index (χ0v) is 15.8. The van der Waals surface area contributed by atoms with Gasteiger partial charge in [0.25, 0.3) is 5.91 Å². The van der Waals surface area contributed by atoms with Crippen molar-refractivity contribution in [1.82, 2.24) is 0 Å². The van der Waals surface area contributed by atoms with Crippen molar-refractivity contribution in [3.63, 3.8) is 0 Å². The topological polar surface area (TPSA) is 55.4 Å². The van der Waals surface area contributed by atoms with Crippen molar-refractivity contribution in [3.05, 3.63) is 90.0 Å². The van der Waals surface area contributed by atoms with Gasteiger partial charge in [-0.2, -0.15) is 13.2 Å². The van der Waals surface area contributed by atoms with Crippen molar-refractivity contribution in [2.75, 3.05) is 11.9 Å². The Morgan fingerprint density at radius 3 is 2.07 bits per heavy atom. The molecule has 4 nitrogen and oxygen atoms in total. The lowest BCUT2D eigenvalue weighted by Crippen LogP contribution is -2.23. The highest BCUT2D eigenvalue weighted by molar-refractivity contribution is 5.93. The van der Waals surface area contributed by atoms with Crippen LogP contribution in [0.2, 0.25) is 0 Å². The number of ether oxygens (including phenoxy) is 1. The first-order valence-corrected chi connectivity index (χ1v) is 9.09. The number of esters is 1. The first kappa shape index (κ1) is 21.1. The number of amides is 1. The molecule has 3 aromatic rings. The SMILES string of the molecule is O=C(COC(=O)Cc1ccc(-c2ccccc2)cc1)Nc1ccccc1C(F)(F)F. The number of anilines is 1. The second-order valence-electron chi connectivity index (χ2n) is 6.49. The first-order chi connectivity index (χ1) is 14.3. The second-order valence-corrected chi connectivity index (χ2v) is 6.49. The fourth-order valence-electron chi connectivity index (χ4n) is 2.83. The molecule has 0 fully saturated rings. The van der Waals surface area contributed by atoms with Gasteiger partial charge in [0.05, 0.1) is 17.7 Å². The van der Waals surface area contributed by atoms with Crippen LogP contribution in [0, 0.1) is 0 Å². The fourth-order valence-corrected chi connectivity index (χ4v) is 2.83. The predicted molar refractivity (Wildman–Crippen MR) is 107 cm³/mol. The van der Waals surface area contributed by atoms with Gasteiger partial charge < -0.3 is 10.1 Å². The quantitative estimate of drug-likeness (QED) is 0.573. The van der Waals surface area contributed by atoms with Crippen molar-refractivity contribution >= 4 is 17.6 Å². The van der Waals surface area contributed by atoms with Crippen molar-refractivity contribution in [2.24, 2.45) is 0 Å². The third-order valence-electron chi connectivity index (χ3n) is 4.28. The standard InChI is InChI=1S/C23H18F3NO3/c24-23(25,26)19-8-4-5-9-20(19)27-21(28)15-30-22(29)14-16-10-12-18(13-11-16)17-6-2-1-3-7-17/h1-13H,14-15H2,(H,27,28). The summed E-state index contributed by atoms with van der Waals surface area (Å²) in [6.07, 6.45) is -4.66. The summed E-state index contributed by atoms with van der Waals surface area (Å²) in [7, 11) is 0. The van der Waals surface area contributed by atoms with Gasteiger partial charge in [-0.05, 0) is 28.8 Å². The summed E-state index contributed by atoms with van der Waals surface area (Å²) in [6.45, 7) is -0.673. The van der Waals surface area contributed by atoms with E-state index in [0.29, 0.717) is 5.56 Å². The Kier molecular flexibility index (Phi) is 6.51. The molecule has 30 heavy (non-hydrogen) atoms. The average Bonchev–Trinajstić information content (AvgIpc) is 2.73. The van der Waals surface area contributed by atoms with Gasteiger partial charge in [-0.3, -0.25) is 9.59 Å². The number of para-hydroxylation sites is 1. The molecule has 1 amide bonds. The lowest BCUT2D eigenvalue weighted by molar-refractivity contribution is -0.146. The summed E-state index contributed by atoms with van der Waals surface area (Å²) < 4.78 is 43.8. The summed E-state index contributed by atoms with van der Waals surface area (Å²) in [5.41, 5.74) is 1.38. The van der Waals surface area contributed by atoms with Crippen LogP contribution in [0.3, 0.4) is 0 Å². The number of carbonyl (C=O) groups excluding carboxylic acids is 2. The van der Waals surface area contributed by atoms with Gasteiger partial charge in [0.1, 0.15) is 0 Å². The van der Waals surface area contributed by atoms with E-state index in [1.807, 2.05) is 42.5 Å². The molecule has 0 heterocycles. The summed E-state index contributed by atoms with van der Waals surface area (Å²) in [5.74, 6) is -1.50. The van der Waals surface area contributed by atoms with Crippen LogP contribution in [0.15, 0.2) is 78.9 Å². The van der Waals surface area contributed by atoms with Crippen LogP contribution in [-0.4, -0.2) is 18.5 Å². The monoisotopic (exact) mass is 413 g/mol. The van der Waals surface area contributed by atoms with E-state index in [1.165, 1.54) is 12.1 Å². The molecular weight excluding hydrogens is 395 g/mol. The molecule has 0 aliphatic heterocycles. The summed E-state index contributed by atoms with van der Waals surface area (Å²) >= 11 is 0. The molecule has 0 aliphatic carbocycles. The maximum Gasteiger partial charge on any atom is 0.418 e. The lowest BCUT2D eigenvalue weighted by Gasteiger charge is -2.13. The van der Waals surface area contributed by atoms with Crippen molar-refractivity contribution in [3.8, 4) is 11.1 Å². The third kappa shape index (κ3) is 5.70. The summed E-state index contributed by atoms with van der Waals surface area (Å²) in [4.78, 5) is 23.9. The predicted octanol–water partition coefficient (Wildman–Crippen LogP) is 5.10. The normalized spacial score (nSPS) is 11.0. The van der Waals surface area contributed by atoms with E-state index in [-0.39, 0.29) is 12.1 Å². The number of hydrogen-bond acceptors (Lipinski definition) is 3. The van der Waals surface area contributed by atoms with Gasteiger partial charge in [0.2, 0.25) is 0 Å². The van der Waals surface area contributed by atoms with Gasteiger partial charge >= 0.3 is 12.1 Å². The molecule has 0 bridgehead atoms. The Hall–Kier alpha value is -3.61. The van der Waals surface area contributed by atoms with E-state index < -0.39 is 30.2 Å². The van der Waals surface area contributed by atoms with Gasteiger partial charge in [0.15, 0.2) is 6.61 Å².